The first-order valence-corrected chi connectivity index (χ1v) is 21.4. The van der Waals surface area contributed by atoms with Crippen LogP contribution in [0.2, 0.25) is 5.02 Å². The second-order valence-electron chi connectivity index (χ2n) is 16.6. The number of amides is 1. The van der Waals surface area contributed by atoms with Crippen LogP contribution in [0.25, 0.3) is 0 Å². The first kappa shape index (κ1) is 48.0. The molecule has 1 amide bonds. The Bertz CT molecular complexity index is 2330. The summed E-state index contributed by atoms with van der Waals surface area (Å²) in [6.07, 6.45) is -6.58. The lowest BCUT2D eigenvalue weighted by Gasteiger charge is -2.48. The number of aliphatic hydroxyl groups is 5. The molecule has 0 bridgehead atoms. The minimum atomic E-state index is -1.48. The van der Waals surface area contributed by atoms with Crippen LogP contribution in [0.5, 0.6) is 5.75 Å². The van der Waals surface area contributed by atoms with Crippen molar-refractivity contribution in [3.63, 3.8) is 0 Å². The van der Waals surface area contributed by atoms with Crippen molar-refractivity contribution >= 4 is 34.9 Å². The molecular weight excluding hydrogens is 845 g/mol. The minimum Gasteiger partial charge on any atom is -0.476 e. The maximum Gasteiger partial charge on any atom is 0.350 e. The van der Waals surface area contributed by atoms with Crippen LogP contribution in [0.4, 0.5) is 10.1 Å². The first-order chi connectivity index (χ1) is 30.5. The quantitative estimate of drug-likeness (QED) is 0.0431. The third kappa shape index (κ3) is 11.2. The van der Waals surface area contributed by atoms with Crippen molar-refractivity contribution in [1.29, 1.82) is 0 Å². The molecule has 5 aromatic carbocycles. The number of β-lactam (4-membered cyclic amide) rings is 1. The molecule has 0 spiro atoms. The molecule has 64 heavy (non-hydrogen) atoms. The number of nitrogens with zero attached hydrogens (tertiary/aromatic N) is 1. The Hall–Kier alpha value is -5.51. The Morgan fingerprint density at radius 1 is 0.797 bits per heavy atom. The molecule has 0 unspecified atom stereocenters. The number of benzene rings is 5. The number of aliphatic hydroxyl groups excluding tert-OH is 5. The van der Waals surface area contributed by atoms with Crippen LogP contribution in [-0.2, 0) is 19.1 Å². The van der Waals surface area contributed by atoms with Crippen molar-refractivity contribution in [2.24, 2.45) is 5.92 Å². The smallest absolute Gasteiger partial charge is 0.350 e. The highest BCUT2D eigenvalue weighted by Crippen LogP contribution is 2.47. The maximum atomic E-state index is 13.3. The van der Waals surface area contributed by atoms with Crippen LogP contribution in [0, 0.1) is 11.7 Å². The summed E-state index contributed by atoms with van der Waals surface area (Å²) in [5.74, 6) is -0.899. The van der Waals surface area contributed by atoms with Gasteiger partial charge in [-0.15, -0.1) is 0 Å². The van der Waals surface area contributed by atoms with Gasteiger partial charge in [-0.3, -0.25) is 9.59 Å². The van der Waals surface area contributed by atoms with E-state index in [0.717, 1.165) is 11.3 Å². The van der Waals surface area contributed by atoms with E-state index in [1.165, 1.54) is 24.3 Å². The van der Waals surface area contributed by atoms with E-state index in [4.69, 9.17) is 25.8 Å². The molecule has 0 saturated carbocycles. The van der Waals surface area contributed by atoms with Crippen molar-refractivity contribution in [2.45, 2.75) is 94.9 Å². The number of halogens is 2. The highest BCUT2D eigenvalue weighted by molar-refractivity contribution is 6.30. The molecule has 2 saturated heterocycles. The number of anilines is 1. The lowest BCUT2D eigenvalue weighted by atomic mass is 9.78. The molecule has 2 aliphatic heterocycles. The Morgan fingerprint density at radius 3 is 1.95 bits per heavy atom. The number of hydrogen-bond acceptors (Lipinski definition) is 11. The summed E-state index contributed by atoms with van der Waals surface area (Å²) in [5.41, 5.74) is 2.69. The van der Waals surface area contributed by atoms with E-state index in [9.17, 15) is 44.3 Å². The second kappa shape index (κ2) is 21.0. The summed E-state index contributed by atoms with van der Waals surface area (Å²) in [7, 11) is 0. The molecule has 7 rings (SSSR count). The highest BCUT2D eigenvalue weighted by Gasteiger charge is 2.49. The summed E-state index contributed by atoms with van der Waals surface area (Å²) in [5, 5.41) is 51.5. The van der Waals surface area contributed by atoms with E-state index >= 15 is 0 Å². The molecule has 0 aliphatic carbocycles. The lowest BCUT2D eigenvalue weighted by Crippen LogP contribution is -2.55. The Morgan fingerprint density at radius 2 is 1.38 bits per heavy atom. The van der Waals surface area contributed by atoms with Crippen molar-refractivity contribution in [1.82, 2.24) is 0 Å². The number of ether oxygens (including phenoxy) is 3. The Labute approximate surface area is 376 Å². The number of esters is 1. The molecule has 5 aromatic rings. The average Bonchev–Trinajstić information content (AvgIpc) is 3.28. The van der Waals surface area contributed by atoms with E-state index in [1.807, 2.05) is 42.5 Å². The van der Waals surface area contributed by atoms with Crippen LogP contribution in [0.1, 0.15) is 91.4 Å². The monoisotopic (exact) mass is 897 g/mol. The molecule has 8 atom stereocenters. The standard InChI is InChI=1S/C30H32FNO7.C20H21ClO4/c31-20-12-10-17(11-13-20)23(34)15-14-22-25(32(30(22)38)21-4-2-1-3-5-21)18-6-8-19(9-7-18)29-28(37)27(36)26(35)24(16-33)39-29;1-13(2)24-19(23)20(3,4)25-17-11-7-15(8-12-17)18(22)14-5-9-16(21)10-6-14/h1-13,22-29,33-37H,14-16H2;5-13H,1-4H3/t22-,23+,24-,25-,26-,27+,28-,29+;/m1./s1. The molecule has 338 valence electrons. The SMILES string of the molecule is CC(C)OC(=O)C(C)(C)Oc1ccc(C(=O)c2ccc(Cl)cc2)cc1.O=C1[C@H](CC[C@H](O)c2ccc(F)cc2)[C@@H](c2ccc([C@@H]3O[C@H](CO)[C@@H](O)[C@H](O)[C@H]3O)cc2)N1c1ccccc1. The number of carbonyl (C=O) groups is 3. The van der Waals surface area contributed by atoms with E-state index < -0.39 is 60.7 Å². The predicted molar refractivity (Wildman–Crippen MR) is 237 cm³/mol. The molecular formula is C50H53ClFNO11. The predicted octanol–water partition coefficient (Wildman–Crippen LogP) is 7.24. The van der Waals surface area contributed by atoms with Gasteiger partial charge in [0.2, 0.25) is 5.91 Å². The highest BCUT2D eigenvalue weighted by atomic mass is 35.5. The zero-order chi connectivity index (χ0) is 46.3. The number of para-hydroxylation sites is 1. The van der Waals surface area contributed by atoms with Gasteiger partial charge in [-0.25, -0.2) is 9.18 Å². The number of hydrogen-bond donors (Lipinski definition) is 5. The third-order valence-electron chi connectivity index (χ3n) is 11.2. The van der Waals surface area contributed by atoms with Gasteiger partial charge in [0.05, 0.1) is 30.8 Å². The van der Waals surface area contributed by atoms with Gasteiger partial charge in [0, 0.05) is 21.8 Å². The molecule has 14 heteroatoms. The fraction of sp³-hybridized carbons (Fsp3) is 0.340. The van der Waals surface area contributed by atoms with Crippen molar-refractivity contribution in [2.75, 3.05) is 11.5 Å². The lowest BCUT2D eigenvalue weighted by molar-refractivity contribution is -0.231. The van der Waals surface area contributed by atoms with E-state index in [0.29, 0.717) is 45.9 Å². The summed E-state index contributed by atoms with van der Waals surface area (Å²) in [6, 6.07) is 35.1. The van der Waals surface area contributed by atoms with Gasteiger partial charge in [0.15, 0.2) is 11.4 Å². The molecule has 0 aromatic heterocycles. The average molecular weight is 898 g/mol. The fourth-order valence-electron chi connectivity index (χ4n) is 7.67. The van der Waals surface area contributed by atoms with Gasteiger partial charge in [0.25, 0.3) is 0 Å². The normalized spacial score (nSPS) is 22.5. The van der Waals surface area contributed by atoms with Crippen LogP contribution < -0.4 is 9.64 Å². The largest absolute Gasteiger partial charge is 0.476 e. The fourth-order valence-corrected chi connectivity index (χ4v) is 7.80. The van der Waals surface area contributed by atoms with Gasteiger partial charge in [-0.2, -0.15) is 0 Å². The van der Waals surface area contributed by atoms with E-state index in [-0.39, 0.29) is 29.7 Å². The second-order valence-corrected chi connectivity index (χ2v) is 17.0. The molecule has 5 N–H and O–H groups in total. The van der Waals surface area contributed by atoms with Crippen molar-refractivity contribution < 1.29 is 58.5 Å². The number of rotatable bonds is 14. The van der Waals surface area contributed by atoms with Crippen molar-refractivity contribution in [3.05, 3.63) is 166 Å². The Balaban J connectivity index is 0.000000235. The van der Waals surface area contributed by atoms with E-state index in [1.54, 1.807) is 93.3 Å². The summed E-state index contributed by atoms with van der Waals surface area (Å²) in [4.78, 5) is 39.5. The zero-order valence-corrected chi connectivity index (χ0v) is 36.6. The maximum absolute atomic E-state index is 13.3. The molecule has 2 aliphatic rings. The minimum absolute atomic E-state index is 0.0597. The number of carbonyl (C=O) groups excluding carboxylic acids is 3. The van der Waals surface area contributed by atoms with Gasteiger partial charge < -0.3 is 44.6 Å². The summed E-state index contributed by atoms with van der Waals surface area (Å²) >= 11 is 5.84. The van der Waals surface area contributed by atoms with E-state index in [2.05, 4.69) is 0 Å². The molecule has 12 nitrogen and oxygen atoms in total. The first-order valence-electron chi connectivity index (χ1n) is 21.0. The van der Waals surface area contributed by atoms with Crippen LogP contribution >= 0.6 is 11.6 Å². The van der Waals surface area contributed by atoms with Crippen molar-refractivity contribution in [3.8, 4) is 5.75 Å². The van der Waals surface area contributed by atoms with Crippen LogP contribution in [-0.4, -0.2) is 85.9 Å². The summed E-state index contributed by atoms with van der Waals surface area (Å²) in [6.45, 7) is 6.34. The van der Waals surface area contributed by atoms with Gasteiger partial charge >= 0.3 is 5.97 Å². The molecule has 2 fully saturated rings. The van der Waals surface area contributed by atoms with Gasteiger partial charge in [0.1, 0.15) is 42.1 Å². The zero-order valence-electron chi connectivity index (χ0n) is 35.8. The third-order valence-corrected chi connectivity index (χ3v) is 11.4. The Kier molecular flexibility index (Phi) is 15.7. The van der Waals surface area contributed by atoms with Gasteiger partial charge in [-0.05, 0) is 130 Å². The van der Waals surface area contributed by atoms with Crippen LogP contribution in [0.3, 0.4) is 0 Å². The van der Waals surface area contributed by atoms with Gasteiger partial charge in [-0.1, -0.05) is 66.2 Å². The summed E-state index contributed by atoms with van der Waals surface area (Å²) < 4.78 is 29.9. The number of ketones is 1. The molecule has 2 heterocycles. The van der Waals surface area contributed by atoms with Crippen LogP contribution in [0.15, 0.2) is 127 Å². The molecule has 0 radical (unpaired) electrons. The topological polar surface area (TPSA) is 183 Å².